The summed E-state index contributed by atoms with van der Waals surface area (Å²) in [6.07, 6.45) is 3.94. The van der Waals surface area contributed by atoms with E-state index in [0.29, 0.717) is 6.04 Å². The van der Waals surface area contributed by atoms with E-state index in [9.17, 15) is 0 Å². The molecule has 5 heteroatoms. The lowest BCUT2D eigenvalue weighted by atomic mass is 10.1. The molecule has 1 atom stereocenters. The number of fused-ring (bicyclic) bond motifs is 1. The number of aliphatic imine (C=N–C) groups is 1. The van der Waals surface area contributed by atoms with Crippen molar-refractivity contribution in [3.8, 4) is 0 Å². The average Bonchev–Trinajstić information content (AvgIpc) is 3.24. The first-order valence-electron chi connectivity index (χ1n) is 8.57. The van der Waals surface area contributed by atoms with Crippen molar-refractivity contribution >= 4 is 17.3 Å². The highest BCUT2D eigenvalue weighted by Gasteiger charge is 2.22. The quantitative estimate of drug-likeness (QED) is 0.625. The fraction of sp³-hybridized carbons (Fsp3) is 0.706. The highest BCUT2D eigenvalue weighted by Crippen LogP contribution is 2.27. The Morgan fingerprint density at radius 2 is 2.32 bits per heavy atom. The topological polar surface area (TPSA) is 39.7 Å². The van der Waals surface area contributed by atoms with Crippen molar-refractivity contribution in [1.29, 1.82) is 0 Å². The van der Waals surface area contributed by atoms with E-state index in [4.69, 9.17) is 4.99 Å². The van der Waals surface area contributed by atoms with E-state index in [2.05, 4.69) is 40.8 Å². The van der Waals surface area contributed by atoms with E-state index in [1.54, 1.807) is 4.88 Å². The molecule has 0 aromatic carbocycles. The summed E-state index contributed by atoms with van der Waals surface area (Å²) < 4.78 is 0. The zero-order valence-corrected chi connectivity index (χ0v) is 14.6. The third-order valence-electron chi connectivity index (χ3n) is 4.57. The van der Waals surface area contributed by atoms with Gasteiger partial charge in [0.05, 0.1) is 6.54 Å². The van der Waals surface area contributed by atoms with Crippen LogP contribution in [0.2, 0.25) is 0 Å². The second kappa shape index (κ2) is 7.47. The molecule has 4 nitrogen and oxygen atoms in total. The lowest BCUT2D eigenvalue weighted by molar-refractivity contribution is 0.197. The van der Waals surface area contributed by atoms with Crippen molar-refractivity contribution in [3.05, 3.63) is 21.9 Å². The summed E-state index contributed by atoms with van der Waals surface area (Å²) in [5, 5.41) is 9.06. The maximum Gasteiger partial charge on any atom is 0.191 e. The van der Waals surface area contributed by atoms with E-state index in [-0.39, 0.29) is 0 Å². The smallest absolute Gasteiger partial charge is 0.191 e. The van der Waals surface area contributed by atoms with Gasteiger partial charge in [0, 0.05) is 37.1 Å². The first kappa shape index (κ1) is 15.8. The summed E-state index contributed by atoms with van der Waals surface area (Å²) in [4.78, 5) is 8.92. The van der Waals surface area contributed by atoms with Gasteiger partial charge in [0.15, 0.2) is 5.96 Å². The minimum Gasteiger partial charge on any atom is -0.357 e. The zero-order valence-electron chi connectivity index (χ0n) is 13.8. The van der Waals surface area contributed by atoms with E-state index in [1.165, 1.54) is 24.8 Å². The summed E-state index contributed by atoms with van der Waals surface area (Å²) in [7, 11) is 0. The van der Waals surface area contributed by atoms with Crippen LogP contribution in [0.4, 0.5) is 0 Å². The van der Waals surface area contributed by atoms with Gasteiger partial charge in [-0.2, -0.15) is 0 Å². The molecule has 2 heterocycles. The number of rotatable bonds is 6. The third-order valence-corrected chi connectivity index (χ3v) is 5.60. The third kappa shape index (κ3) is 4.23. The Bertz CT molecular complexity index is 507. The van der Waals surface area contributed by atoms with Gasteiger partial charge in [-0.05, 0) is 56.0 Å². The fourth-order valence-corrected chi connectivity index (χ4v) is 3.78. The highest BCUT2D eigenvalue weighted by molar-refractivity contribution is 7.10. The Balaban J connectivity index is 1.50. The van der Waals surface area contributed by atoms with Gasteiger partial charge in [-0.3, -0.25) is 9.89 Å². The standard InChI is InChI=1S/C17H28N4S/c1-3-18-17(20-11-14-4-5-14)19-10-13(2)21-8-6-16-15(12-21)7-9-22-16/h7,9,13-14H,3-6,8,10-12H2,1-2H3,(H2,18,19,20). The summed E-state index contributed by atoms with van der Waals surface area (Å²) in [6.45, 7) is 9.53. The van der Waals surface area contributed by atoms with Crippen LogP contribution in [-0.4, -0.2) is 43.1 Å². The van der Waals surface area contributed by atoms with Gasteiger partial charge in [-0.15, -0.1) is 11.3 Å². The molecule has 1 aromatic heterocycles. The van der Waals surface area contributed by atoms with Gasteiger partial charge in [0.25, 0.3) is 0 Å². The van der Waals surface area contributed by atoms with Crippen LogP contribution in [0, 0.1) is 5.92 Å². The predicted molar refractivity (Wildman–Crippen MR) is 94.6 cm³/mol. The molecular weight excluding hydrogens is 292 g/mol. The molecule has 1 saturated carbocycles. The van der Waals surface area contributed by atoms with Crippen LogP contribution in [0.25, 0.3) is 0 Å². The average molecular weight is 321 g/mol. The molecule has 0 radical (unpaired) electrons. The molecule has 0 bridgehead atoms. The van der Waals surface area contributed by atoms with Crippen molar-refractivity contribution in [2.45, 2.75) is 45.7 Å². The van der Waals surface area contributed by atoms with Crippen molar-refractivity contribution < 1.29 is 0 Å². The number of nitrogens with one attached hydrogen (secondary N) is 2. The Kier molecular flexibility index (Phi) is 5.37. The van der Waals surface area contributed by atoms with E-state index in [1.807, 2.05) is 11.3 Å². The SMILES string of the molecule is CCNC(=NCC(C)N1CCc2sccc2C1)NCC1CC1. The summed E-state index contributed by atoms with van der Waals surface area (Å²) in [5.41, 5.74) is 1.52. The zero-order chi connectivity index (χ0) is 15.4. The largest absolute Gasteiger partial charge is 0.357 e. The minimum atomic E-state index is 0.490. The first-order chi connectivity index (χ1) is 10.8. The molecule has 2 aliphatic rings. The monoisotopic (exact) mass is 320 g/mol. The molecule has 0 spiro atoms. The molecular formula is C17H28N4S. The van der Waals surface area contributed by atoms with Gasteiger partial charge < -0.3 is 10.6 Å². The molecule has 3 rings (SSSR count). The normalized spacial score (nSPS) is 20.5. The van der Waals surface area contributed by atoms with Crippen LogP contribution in [0.1, 0.15) is 37.1 Å². The molecule has 22 heavy (non-hydrogen) atoms. The molecule has 1 aliphatic carbocycles. The predicted octanol–water partition coefficient (Wildman–Crippen LogP) is 2.46. The van der Waals surface area contributed by atoms with Crippen LogP contribution in [-0.2, 0) is 13.0 Å². The fourth-order valence-electron chi connectivity index (χ4n) is 2.89. The van der Waals surface area contributed by atoms with Gasteiger partial charge in [-0.1, -0.05) is 0 Å². The van der Waals surface area contributed by atoms with Crippen LogP contribution in [0.5, 0.6) is 0 Å². The van der Waals surface area contributed by atoms with Gasteiger partial charge >= 0.3 is 0 Å². The highest BCUT2D eigenvalue weighted by atomic mass is 32.1. The number of hydrogen-bond acceptors (Lipinski definition) is 3. The second-order valence-electron chi connectivity index (χ2n) is 6.48. The summed E-state index contributed by atoms with van der Waals surface area (Å²) in [6, 6.07) is 2.77. The van der Waals surface area contributed by atoms with E-state index >= 15 is 0 Å². The second-order valence-corrected chi connectivity index (χ2v) is 7.48. The maximum absolute atomic E-state index is 4.79. The minimum absolute atomic E-state index is 0.490. The lowest BCUT2D eigenvalue weighted by Gasteiger charge is -2.31. The van der Waals surface area contributed by atoms with Crippen LogP contribution in [0.3, 0.4) is 0 Å². The lowest BCUT2D eigenvalue weighted by Crippen LogP contribution is -2.41. The Morgan fingerprint density at radius 1 is 1.45 bits per heavy atom. The molecule has 2 N–H and O–H groups in total. The van der Waals surface area contributed by atoms with Crippen molar-refractivity contribution in [3.63, 3.8) is 0 Å². The maximum atomic E-state index is 4.79. The number of hydrogen-bond donors (Lipinski definition) is 2. The summed E-state index contributed by atoms with van der Waals surface area (Å²) >= 11 is 1.90. The summed E-state index contributed by atoms with van der Waals surface area (Å²) in [5.74, 6) is 1.86. The molecule has 1 aromatic rings. The first-order valence-corrected chi connectivity index (χ1v) is 9.45. The Morgan fingerprint density at radius 3 is 3.09 bits per heavy atom. The van der Waals surface area contributed by atoms with Crippen molar-refractivity contribution in [2.75, 3.05) is 26.2 Å². The van der Waals surface area contributed by atoms with Gasteiger partial charge in [-0.25, -0.2) is 0 Å². The molecule has 0 amide bonds. The van der Waals surface area contributed by atoms with Gasteiger partial charge in [0.1, 0.15) is 0 Å². The molecule has 0 saturated heterocycles. The molecule has 1 unspecified atom stereocenters. The Hall–Kier alpha value is -1.07. The van der Waals surface area contributed by atoms with Crippen molar-refractivity contribution in [2.24, 2.45) is 10.9 Å². The molecule has 1 aliphatic heterocycles. The van der Waals surface area contributed by atoms with Crippen LogP contribution < -0.4 is 10.6 Å². The molecule has 122 valence electrons. The Labute approximate surface area is 138 Å². The van der Waals surface area contributed by atoms with E-state index in [0.717, 1.165) is 44.6 Å². The van der Waals surface area contributed by atoms with Crippen LogP contribution >= 0.6 is 11.3 Å². The number of thiophene rings is 1. The van der Waals surface area contributed by atoms with Crippen molar-refractivity contribution in [1.82, 2.24) is 15.5 Å². The van der Waals surface area contributed by atoms with E-state index < -0.39 is 0 Å². The van der Waals surface area contributed by atoms with Gasteiger partial charge in [0.2, 0.25) is 0 Å². The number of guanidine groups is 1. The number of nitrogens with zero attached hydrogens (tertiary/aromatic N) is 2. The molecule has 1 fully saturated rings. The van der Waals surface area contributed by atoms with Crippen LogP contribution in [0.15, 0.2) is 16.4 Å².